The van der Waals surface area contributed by atoms with Crippen molar-refractivity contribution in [2.75, 3.05) is 0 Å². The fourth-order valence-corrected chi connectivity index (χ4v) is 3.60. The largest absolute Gasteiger partial charge is 0.444 e. The molecule has 2 heterocycles. The summed E-state index contributed by atoms with van der Waals surface area (Å²) in [4.78, 5) is 6.55. The predicted molar refractivity (Wildman–Crippen MR) is 90.7 cm³/mol. The Labute approximate surface area is 132 Å². The summed E-state index contributed by atoms with van der Waals surface area (Å²) in [5.74, 6) is 0.671. The number of oxazole rings is 1. The zero-order chi connectivity index (χ0) is 14.8. The highest BCUT2D eigenvalue weighted by Crippen LogP contribution is 2.42. The van der Waals surface area contributed by atoms with E-state index in [-0.39, 0.29) is 0 Å². The molecule has 0 unspecified atom stereocenters. The highest BCUT2D eigenvalue weighted by Gasteiger charge is 2.15. The van der Waals surface area contributed by atoms with Crippen LogP contribution in [0, 0.1) is 0 Å². The highest BCUT2D eigenvalue weighted by molar-refractivity contribution is 7.19. The zero-order valence-corrected chi connectivity index (χ0v) is 12.6. The van der Waals surface area contributed by atoms with Gasteiger partial charge in [0, 0.05) is 10.4 Å². The maximum absolute atomic E-state index is 5.46. The third-order valence-electron chi connectivity index (χ3n) is 3.50. The van der Waals surface area contributed by atoms with Gasteiger partial charge in [0.05, 0.1) is 11.1 Å². The number of hydrogen-bond acceptors (Lipinski definition) is 3. The summed E-state index contributed by atoms with van der Waals surface area (Å²) in [7, 11) is 0. The molecule has 0 N–H and O–H groups in total. The van der Waals surface area contributed by atoms with Crippen LogP contribution in [0.5, 0.6) is 0 Å². The molecule has 0 spiro atoms. The van der Waals surface area contributed by atoms with Crippen molar-refractivity contribution in [1.82, 2.24) is 4.98 Å². The summed E-state index contributed by atoms with van der Waals surface area (Å²) in [6.45, 7) is 0. The number of hydrogen-bond donors (Lipinski definition) is 0. The topological polar surface area (TPSA) is 26.0 Å². The first kappa shape index (κ1) is 13.0. The first-order valence-corrected chi connectivity index (χ1v) is 7.88. The van der Waals surface area contributed by atoms with E-state index in [0.717, 1.165) is 4.88 Å². The van der Waals surface area contributed by atoms with E-state index in [0.29, 0.717) is 5.89 Å². The van der Waals surface area contributed by atoms with E-state index in [1.807, 2.05) is 12.1 Å². The van der Waals surface area contributed by atoms with Crippen molar-refractivity contribution in [3.05, 3.63) is 79.2 Å². The lowest BCUT2D eigenvalue weighted by molar-refractivity contribution is 0.576. The minimum absolute atomic E-state index is 0.671. The van der Waals surface area contributed by atoms with Gasteiger partial charge >= 0.3 is 0 Å². The molecule has 0 aliphatic heterocycles. The minimum atomic E-state index is 0.671. The van der Waals surface area contributed by atoms with Gasteiger partial charge in [0.15, 0.2) is 0 Å². The molecule has 4 rings (SSSR count). The minimum Gasteiger partial charge on any atom is -0.444 e. The van der Waals surface area contributed by atoms with Crippen molar-refractivity contribution < 1.29 is 4.42 Å². The highest BCUT2D eigenvalue weighted by atomic mass is 32.1. The standard InChI is InChI=1S/C19H13NOS/c1-3-7-14(8-4-1)16-13-17(19-20-11-12-21-19)22-18(16)15-9-5-2-6-10-15/h1-13H. The second kappa shape index (κ2) is 5.62. The van der Waals surface area contributed by atoms with Gasteiger partial charge < -0.3 is 4.42 Å². The molecule has 0 saturated heterocycles. The van der Waals surface area contributed by atoms with Gasteiger partial charge in [0.25, 0.3) is 0 Å². The summed E-state index contributed by atoms with van der Waals surface area (Å²) in [5, 5.41) is 0. The monoisotopic (exact) mass is 303 g/mol. The molecule has 0 fully saturated rings. The van der Waals surface area contributed by atoms with Crippen LogP contribution in [0.4, 0.5) is 0 Å². The van der Waals surface area contributed by atoms with E-state index in [2.05, 4.69) is 59.6 Å². The Morgan fingerprint density at radius 3 is 2.14 bits per heavy atom. The van der Waals surface area contributed by atoms with Gasteiger partial charge in [-0.15, -0.1) is 11.3 Å². The number of rotatable bonds is 3. The summed E-state index contributed by atoms with van der Waals surface area (Å²) >= 11 is 1.71. The molecule has 0 amide bonds. The molecule has 0 bridgehead atoms. The van der Waals surface area contributed by atoms with Gasteiger partial charge in [-0.3, -0.25) is 0 Å². The third kappa shape index (κ3) is 2.36. The molecular weight excluding hydrogens is 290 g/mol. The van der Waals surface area contributed by atoms with Gasteiger partial charge in [-0.25, -0.2) is 4.98 Å². The van der Waals surface area contributed by atoms with Crippen molar-refractivity contribution >= 4 is 11.3 Å². The van der Waals surface area contributed by atoms with Crippen LogP contribution in [0.2, 0.25) is 0 Å². The maximum Gasteiger partial charge on any atom is 0.236 e. The van der Waals surface area contributed by atoms with Gasteiger partial charge in [-0.2, -0.15) is 0 Å². The molecule has 0 aliphatic carbocycles. The summed E-state index contributed by atoms with van der Waals surface area (Å²) in [6.07, 6.45) is 3.29. The van der Waals surface area contributed by atoms with Crippen LogP contribution in [-0.2, 0) is 0 Å². The Morgan fingerprint density at radius 2 is 1.50 bits per heavy atom. The Kier molecular flexibility index (Phi) is 3.33. The average Bonchev–Trinajstić information content (AvgIpc) is 3.26. The fourth-order valence-electron chi connectivity index (χ4n) is 2.48. The molecule has 22 heavy (non-hydrogen) atoms. The molecule has 0 radical (unpaired) electrons. The quantitative estimate of drug-likeness (QED) is 0.482. The van der Waals surface area contributed by atoms with Crippen LogP contribution in [-0.4, -0.2) is 4.98 Å². The normalized spacial score (nSPS) is 10.7. The lowest BCUT2D eigenvalue weighted by Crippen LogP contribution is -1.78. The van der Waals surface area contributed by atoms with E-state index in [1.54, 1.807) is 23.8 Å². The molecule has 0 saturated carbocycles. The van der Waals surface area contributed by atoms with Crippen molar-refractivity contribution in [1.29, 1.82) is 0 Å². The SMILES string of the molecule is c1ccc(-c2cc(-c3ncco3)sc2-c2ccccc2)cc1. The summed E-state index contributed by atoms with van der Waals surface area (Å²) in [5.41, 5.74) is 3.63. The fraction of sp³-hybridized carbons (Fsp3) is 0. The molecule has 4 aromatic rings. The van der Waals surface area contributed by atoms with E-state index in [4.69, 9.17) is 4.42 Å². The predicted octanol–water partition coefficient (Wildman–Crippen LogP) is 5.74. The summed E-state index contributed by atoms with van der Waals surface area (Å²) in [6, 6.07) is 23.0. The number of aromatic nitrogens is 1. The second-order valence-corrected chi connectivity index (χ2v) is 5.97. The maximum atomic E-state index is 5.46. The van der Waals surface area contributed by atoms with E-state index in [9.17, 15) is 0 Å². The molecule has 3 heteroatoms. The lowest BCUT2D eigenvalue weighted by Gasteiger charge is -2.03. The van der Waals surface area contributed by atoms with Crippen LogP contribution in [0.1, 0.15) is 0 Å². The van der Waals surface area contributed by atoms with Crippen molar-refractivity contribution in [3.8, 4) is 32.3 Å². The van der Waals surface area contributed by atoms with Crippen molar-refractivity contribution in [2.45, 2.75) is 0 Å². The van der Waals surface area contributed by atoms with Crippen LogP contribution in [0.25, 0.3) is 32.3 Å². The van der Waals surface area contributed by atoms with Gasteiger partial charge in [-0.1, -0.05) is 60.7 Å². The lowest BCUT2D eigenvalue weighted by atomic mass is 10.0. The van der Waals surface area contributed by atoms with Gasteiger partial charge in [-0.05, 0) is 17.2 Å². The molecule has 106 valence electrons. The van der Waals surface area contributed by atoms with E-state index < -0.39 is 0 Å². The first-order valence-electron chi connectivity index (χ1n) is 7.06. The first-order chi connectivity index (χ1) is 10.9. The Bertz CT molecular complexity index is 807. The molecule has 0 atom stereocenters. The van der Waals surface area contributed by atoms with Crippen LogP contribution in [0.15, 0.2) is 83.6 Å². The van der Waals surface area contributed by atoms with Crippen LogP contribution in [0.3, 0.4) is 0 Å². The van der Waals surface area contributed by atoms with Crippen molar-refractivity contribution in [3.63, 3.8) is 0 Å². The van der Waals surface area contributed by atoms with E-state index >= 15 is 0 Å². The molecule has 0 aliphatic rings. The van der Waals surface area contributed by atoms with Gasteiger partial charge in [0.2, 0.25) is 5.89 Å². The summed E-state index contributed by atoms with van der Waals surface area (Å²) < 4.78 is 5.46. The molecular formula is C19H13NOS. The Morgan fingerprint density at radius 1 is 0.818 bits per heavy atom. The molecule has 2 nitrogen and oxygen atoms in total. The zero-order valence-electron chi connectivity index (χ0n) is 11.8. The Hall–Kier alpha value is -2.65. The second-order valence-electron chi connectivity index (χ2n) is 4.92. The third-order valence-corrected chi connectivity index (χ3v) is 4.67. The van der Waals surface area contributed by atoms with Gasteiger partial charge in [0.1, 0.15) is 6.26 Å². The van der Waals surface area contributed by atoms with Crippen LogP contribution >= 0.6 is 11.3 Å². The Balaban J connectivity index is 1.92. The average molecular weight is 303 g/mol. The smallest absolute Gasteiger partial charge is 0.236 e. The molecule has 2 aromatic carbocycles. The number of thiophene rings is 1. The van der Waals surface area contributed by atoms with Crippen molar-refractivity contribution in [2.24, 2.45) is 0 Å². The van der Waals surface area contributed by atoms with E-state index in [1.165, 1.54) is 21.6 Å². The molecule has 2 aromatic heterocycles. The number of benzene rings is 2. The van der Waals surface area contributed by atoms with Crippen LogP contribution < -0.4 is 0 Å². The number of nitrogens with zero attached hydrogens (tertiary/aromatic N) is 1.